The summed E-state index contributed by atoms with van der Waals surface area (Å²) in [6, 6.07) is 12.1. The summed E-state index contributed by atoms with van der Waals surface area (Å²) in [4.78, 5) is 8.86. The van der Waals surface area contributed by atoms with Crippen molar-refractivity contribution in [3.8, 4) is 5.75 Å². The Morgan fingerprint density at radius 1 is 1.08 bits per heavy atom. The molecular weight excluding hydrogens is 482 g/mol. The monoisotopic (exact) mass is 505 g/mol. The van der Waals surface area contributed by atoms with Gasteiger partial charge in [0.25, 0.3) is 0 Å². The van der Waals surface area contributed by atoms with Gasteiger partial charge in [-0.05, 0) is 56.3 Å². The van der Waals surface area contributed by atoms with E-state index in [2.05, 4.69) is 36.0 Å². The molecule has 11 nitrogen and oxygen atoms in total. The zero-order valence-corrected chi connectivity index (χ0v) is 20.5. The normalized spacial score (nSPS) is 11.5. The minimum Gasteiger partial charge on any atom is -0.495 e. The fourth-order valence-corrected chi connectivity index (χ4v) is 5.05. The number of aryl methyl sites for hydroxylation is 2. The van der Waals surface area contributed by atoms with Gasteiger partial charge in [-0.2, -0.15) is 10.1 Å². The molecule has 0 unspecified atom stereocenters. The smallest absolute Gasteiger partial charge is 0.229 e. The third-order valence-corrected chi connectivity index (χ3v) is 7.25. The summed E-state index contributed by atoms with van der Waals surface area (Å²) >= 11 is 0. The van der Waals surface area contributed by atoms with E-state index in [1.54, 1.807) is 25.3 Å². The number of benzene rings is 2. The van der Waals surface area contributed by atoms with Crippen molar-refractivity contribution in [1.82, 2.24) is 25.3 Å². The Labute approximate surface area is 206 Å². The highest BCUT2D eigenvalue weighted by Crippen LogP contribution is 2.31. The molecule has 0 fully saturated rings. The third kappa shape index (κ3) is 4.70. The van der Waals surface area contributed by atoms with E-state index in [-0.39, 0.29) is 16.6 Å². The standard InChI is InChI=1S/C24H23N7O4S/c1-14-12-35-31-21(14)13-36(32,33)17-5-7-22(34-3)20(11-17)27-24-25-9-8-23(28-24)26-16-4-6-18-15(2)29-30-19(18)10-16/h4-12H,13H2,1-3H3,(H,29,30)(H2,25,26,27,28). The SMILES string of the molecule is COc1ccc(S(=O)(=O)Cc2nocc2C)cc1Nc1nccc(Nc2ccc3c(C)[nH]nc3c2)n1. The van der Waals surface area contributed by atoms with Gasteiger partial charge in [0.2, 0.25) is 5.95 Å². The fourth-order valence-electron chi connectivity index (χ4n) is 3.67. The molecule has 0 aliphatic carbocycles. The largest absolute Gasteiger partial charge is 0.495 e. The number of aromatic nitrogens is 5. The summed E-state index contributed by atoms with van der Waals surface area (Å²) in [5.41, 5.74) is 4.09. The number of hydrogen-bond acceptors (Lipinski definition) is 10. The zero-order valence-electron chi connectivity index (χ0n) is 19.7. The summed E-state index contributed by atoms with van der Waals surface area (Å²) < 4.78 is 36.3. The van der Waals surface area contributed by atoms with E-state index in [4.69, 9.17) is 9.26 Å². The maximum Gasteiger partial charge on any atom is 0.229 e. The molecule has 3 aromatic heterocycles. The van der Waals surface area contributed by atoms with E-state index in [0.29, 0.717) is 28.5 Å². The third-order valence-electron chi connectivity index (χ3n) is 5.62. The minimum absolute atomic E-state index is 0.102. The number of rotatable bonds is 8. The van der Waals surface area contributed by atoms with Crippen LogP contribution in [0.3, 0.4) is 0 Å². The van der Waals surface area contributed by atoms with Crippen molar-refractivity contribution in [2.24, 2.45) is 0 Å². The molecule has 0 radical (unpaired) electrons. The molecule has 0 atom stereocenters. The lowest BCUT2D eigenvalue weighted by Gasteiger charge is -2.13. The quantitative estimate of drug-likeness (QED) is 0.277. The number of nitrogens with zero attached hydrogens (tertiary/aromatic N) is 4. The van der Waals surface area contributed by atoms with Crippen LogP contribution in [0.1, 0.15) is 17.0 Å². The average molecular weight is 506 g/mol. The summed E-state index contributed by atoms with van der Waals surface area (Å²) in [7, 11) is -2.19. The molecule has 0 aliphatic heterocycles. The van der Waals surface area contributed by atoms with E-state index < -0.39 is 9.84 Å². The van der Waals surface area contributed by atoms with E-state index in [9.17, 15) is 8.42 Å². The Morgan fingerprint density at radius 3 is 2.72 bits per heavy atom. The van der Waals surface area contributed by atoms with Crippen LogP contribution >= 0.6 is 0 Å². The highest BCUT2D eigenvalue weighted by Gasteiger charge is 2.21. The van der Waals surface area contributed by atoms with Gasteiger partial charge in [0, 0.05) is 28.5 Å². The Hall–Kier alpha value is -4.45. The van der Waals surface area contributed by atoms with Gasteiger partial charge in [-0.3, -0.25) is 5.10 Å². The van der Waals surface area contributed by atoms with Crippen LogP contribution in [0.4, 0.5) is 23.1 Å². The van der Waals surface area contributed by atoms with Gasteiger partial charge in [-0.15, -0.1) is 0 Å². The molecule has 0 saturated heterocycles. The highest BCUT2D eigenvalue weighted by molar-refractivity contribution is 7.90. The number of nitrogens with one attached hydrogen (secondary N) is 3. The highest BCUT2D eigenvalue weighted by atomic mass is 32.2. The first-order valence-corrected chi connectivity index (χ1v) is 12.6. The Balaban J connectivity index is 1.39. The maximum atomic E-state index is 13.0. The number of anilines is 4. The maximum absolute atomic E-state index is 13.0. The van der Waals surface area contributed by atoms with Gasteiger partial charge >= 0.3 is 0 Å². The predicted molar refractivity (Wildman–Crippen MR) is 135 cm³/mol. The van der Waals surface area contributed by atoms with E-state index in [1.807, 2.05) is 25.1 Å². The molecule has 0 saturated carbocycles. The lowest BCUT2D eigenvalue weighted by Crippen LogP contribution is -2.08. The van der Waals surface area contributed by atoms with Crippen LogP contribution in [0.5, 0.6) is 5.75 Å². The molecule has 5 aromatic rings. The number of H-pyrrole nitrogens is 1. The predicted octanol–water partition coefficient (Wildman–Crippen LogP) is 4.43. The van der Waals surface area contributed by atoms with Crippen molar-refractivity contribution in [3.05, 3.63) is 71.9 Å². The van der Waals surface area contributed by atoms with Gasteiger partial charge < -0.3 is 19.9 Å². The first-order valence-electron chi connectivity index (χ1n) is 10.9. The molecular formula is C24H23N7O4S. The minimum atomic E-state index is -3.69. The van der Waals surface area contributed by atoms with Gasteiger partial charge in [-0.25, -0.2) is 13.4 Å². The molecule has 12 heteroatoms. The van der Waals surface area contributed by atoms with Crippen LogP contribution in [0.2, 0.25) is 0 Å². The lowest BCUT2D eigenvalue weighted by atomic mass is 10.2. The molecule has 0 amide bonds. The lowest BCUT2D eigenvalue weighted by molar-refractivity contribution is 0.413. The van der Waals surface area contributed by atoms with Crippen LogP contribution < -0.4 is 15.4 Å². The van der Waals surface area contributed by atoms with Gasteiger partial charge in [0.05, 0.1) is 23.2 Å². The first kappa shape index (κ1) is 23.3. The zero-order chi connectivity index (χ0) is 25.3. The van der Waals surface area contributed by atoms with E-state index in [0.717, 1.165) is 22.3 Å². The summed E-state index contributed by atoms with van der Waals surface area (Å²) in [6.45, 7) is 3.71. The van der Waals surface area contributed by atoms with E-state index >= 15 is 0 Å². The van der Waals surface area contributed by atoms with Crippen LogP contribution in [0, 0.1) is 13.8 Å². The number of methoxy groups -OCH3 is 1. The van der Waals surface area contributed by atoms with Crippen LogP contribution in [-0.2, 0) is 15.6 Å². The molecule has 3 heterocycles. The number of hydrogen-bond donors (Lipinski definition) is 3. The van der Waals surface area contributed by atoms with Crippen LogP contribution in [0.15, 0.2) is 64.3 Å². The topological polar surface area (TPSA) is 148 Å². The van der Waals surface area contributed by atoms with Crippen LogP contribution in [0.25, 0.3) is 10.9 Å². The first-order chi connectivity index (χ1) is 17.3. The Kier molecular flexibility index (Phi) is 6.02. The summed E-state index contributed by atoms with van der Waals surface area (Å²) in [6.07, 6.45) is 3.01. The Bertz CT molecular complexity index is 1660. The van der Waals surface area contributed by atoms with Crippen molar-refractivity contribution in [1.29, 1.82) is 0 Å². The number of sulfone groups is 1. The molecule has 3 N–H and O–H groups in total. The second-order valence-electron chi connectivity index (χ2n) is 8.16. The molecule has 0 bridgehead atoms. The van der Waals surface area contributed by atoms with E-state index in [1.165, 1.54) is 25.5 Å². The second-order valence-corrected chi connectivity index (χ2v) is 10.2. The van der Waals surface area contributed by atoms with Gasteiger partial charge in [0.15, 0.2) is 9.84 Å². The van der Waals surface area contributed by atoms with Crippen molar-refractivity contribution < 1.29 is 17.7 Å². The molecule has 184 valence electrons. The molecule has 0 aliphatic rings. The number of aromatic amines is 1. The molecule has 5 rings (SSSR count). The summed E-state index contributed by atoms with van der Waals surface area (Å²) in [5, 5.41) is 18.4. The number of fused-ring (bicyclic) bond motifs is 1. The number of ether oxygens (including phenoxy) is 1. The molecule has 36 heavy (non-hydrogen) atoms. The molecule has 2 aromatic carbocycles. The van der Waals surface area contributed by atoms with Gasteiger partial charge in [-0.1, -0.05) is 5.16 Å². The fraction of sp³-hybridized carbons (Fsp3) is 0.167. The summed E-state index contributed by atoms with van der Waals surface area (Å²) in [5.74, 6) is 0.963. The average Bonchev–Trinajstić information content (AvgIpc) is 3.43. The van der Waals surface area contributed by atoms with Crippen molar-refractivity contribution in [2.75, 3.05) is 17.7 Å². The van der Waals surface area contributed by atoms with Crippen LogP contribution in [-0.4, -0.2) is 40.8 Å². The van der Waals surface area contributed by atoms with Crippen molar-refractivity contribution >= 4 is 43.9 Å². The van der Waals surface area contributed by atoms with Crippen molar-refractivity contribution in [3.63, 3.8) is 0 Å². The second kappa shape index (κ2) is 9.30. The Morgan fingerprint density at radius 2 is 1.94 bits per heavy atom. The van der Waals surface area contributed by atoms with Gasteiger partial charge in [0.1, 0.15) is 29.3 Å². The molecule has 0 spiro atoms. The van der Waals surface area contributed by atoms with Crippen molar-refractivity contribution in [2.45, 2.75) is 24.5 Å².